The second-order valence-electron chi connectivity index (χ2n) is 7.22. The van der Waals surface area contributed by atoms with Crippen molar-refractivity contribution >= 4 is 0 Å². The van der Waals surface area contributed by atoms with E-state index in [0.29, 0.717) is 16.8 Å². The van der Waals surface area contributed by atoms with Crippen LogP contribution in [0.2, 0.25) is 0 Å². The second kappa shape index (κ2) is 8.45. The standard InChI is InChI=1S/C22H23FN2O4/c1-14(2)19-20(17-6-4-5-15(3)11-17)24(22(27)25(28)21(19)26)13-29-12-16-7-9-18(23)10-8-16/h4-11,14,28H,12-13H2,1-3H3. The fourth-order valence-electron chi connectivity index (χ4n) is 3.24. The van der Waals surface area contributed by atoms with Crippen LogP contribution in [0.4, 0.5) is 4.39 Å². The summed E-state index contributed by atoms with van der Waals surface area (Å²) >= 11 is 0. The van der Waals surface area contributed by atoms with Crippen LogP contribution in [0.25, 0.3) is 11.3 Å². The first-order valence-electron chi connectivity index (χ1n) is 9.27. The molecule has 1 aromatic heterocycles. The van der Waals surface area contributed by atoms with Crippen LogP contribution < -0.4 is 11.2 Å². The van der Waals surface area contributed by atoms with E-state index < -0.39 is 11.2 Å². The highest BCUT2D eigenvalue weighted by Crippen LogP contribution is 2.26. The molecule has 0 fully saturated rings. The molecule has 0 amide bonds. The smallest absolute Gasteiger partial charge is 0.366 e. The molecule has 0 aliphatic carbocycles. The first-order valence-corrected chi connectivity index (χ1v) is 9.27. The van der Waals surface area contributed by atoms with Gasteiger partial charge in [-0.05, 0) is 42.2 Å². The molecule has 0 aliphatic heterocycles. The van der Waals surface area contributed by atoms with Crippen molar-refractivity contribution in [1.82, 2.24) is 9.30 Å². The highest BCUT2D eigenvalue weighted by atomic mass is 19.1. The number of benzene rings is 2. The maximum atomic E-state index is 13.1. The number of halogens is 1. The van der Waals surface area contributed by atoms with Gasteiger partial charge in [0.15, 0.2) is 0 Å². The minimum absolute atomic E-state index is 0.121. The van der Waals surface area contributed by atoms with Crippen LogP contribution in [0.3, 0.4) is 0 Å². The van der Waals surface area contributed by atoms with E-state index in [1.807, 2.05) is 45.0 Å². The Morgan fingerprint density at radius 1 is 1.10 bits per heavy atom. The highest BCUT2D eigenvalue weighted by Gasteiger charge is 2.22. The number of ether oxygens (including phenoxy) is 1. The maximum absolute atomic E-state index is 13.1. The second-order valence-corrected chi connectivity index (χ2v) is 7.22. The predicted molar refractivity (Wildman–Crippen MR) is 108 cm³/mol. The largest absolute Gasteiger partial charge is 0.421 e. The zero-order valence-corrected chi connectivity index (χ0v) is 16.6. The Bertz CT molecular complexity index is 1130. The third-order valence-electron chi connectivity index (χ3n) is 4.63. The Labute approximate surface area is 167 Å². The van der Waals surface area contributed by atoms with E-state index in [4.69, 9.17) is 4.74 Å². The molecule has 0 saturated heterocycles. The van der Waals surface area contributed by atoms with Crippen LogP contribution in [0.1, 0.15) is 36.5 Å². The molecule has 2 aromatic carbocycles. The molecule has 3 rings (SSSR count). The molecule has 6 nitrogen and oxygen atoms in total. The first kappa shape index (κ1) is 20.5. The van der Waals surface area contributed by atoms with Gasteiger partial charge in [-0.3, -0.25) is 9.36 Å². The molecule has 0 unspecified atom stereocenters. The Balaban J connectivity index is 2.08. The average Bonchev–Trinajstić information content (AvgIpc) is 2.68. The van der Waals surface area contributed by atoms with Crippen LogP contribution in [0.5, 0.6) is 0 Å². The highest BCUT2D eigenvalue weighted by molar-refractivity contribution is 5.64. The number of nitrogens with zero attached hydrogens (tertiary/aromatic N) is 2. The summed E-state index contributed by atoms with van der Waals surface area (Å²) in [4.78, 5) is 25.3. The summed E-state index contributed by atoms with van der Waals surface area (Å²) in [6, 6.07) is 13.3. The summed E-state index contributed by atoms with van der Waals surface area (Å²) in [7, 11) is 0. The molecule has 7 heteroatoms. The summed E-state index contributed by atoms with van der Waals surface area (Å²) < 4.78 is 20.1. The van der Waals surface area contributed by atoms with Crippen LogP contribution in [-0.4, -0.2) is 14.5 Å². The third-order valence-corrected chi connectivity index (χ3v) is 4.63. The fraction of sp³-hybridized carbons (Fsp3) is 0.273. The lowest BCUT2D eigenvalue weighted by Crippen LogP contribution is -2.42. The van der Waals surface area contributed by atoms with Crippen molar-refractivity contribution in [2.75, 3.05) is 0 Å². The van der Waals surface area contributed by atoms with Gasteiger partial charge in [0, 0.05) is 5.56 Å². The van der Waals surface area contributed by atoms with Crippen molar-refractivity contribution in [2.24, 2.45) is 0 Å². The van der Waals surface area contributed by atoms with Crippen molar-refractivity contribution < 1.29 is 14.3 Å². The first-order chi connectivity index (χ1) is 13.8. The van der Waals surface area contributed by atoms with Crippen molar-refractivity contribution in [3.63, 3.8) is 0 Å². The SMILES string of the molecule is Cc1cccc(-c2c(C(C)C)c(=O)n(O)c(=O)n2COCc2ccc(F)cc2)c1. The van der Waals surface area contributed by atoms with E-state index in [1.54, 1.807) is 12.1 Å². The van der Waals surface area contributed by atoms with Gasteiger partial charge in [0.1, 0.15) is 12.5 Å². The van der Waals surface area contributed by atoms with E-state index in [1.165, 1.54) is 16.7 Å². The molecular weight excluding hydrogens is 375 g/mol. The van der Waals surface area contributed by atoms with E-state index in [9.17, 15) is 19.2 Å². The summed E-state index contributed by atoms with van der Waals surface area (Å²) in [6.07, 6.45) is 0. The lowest BCUT2D eigenvalue weighted by atomic mass is 9.97. The van der Waals surface area contributed by atoms with Crippen molar-refractivity contribution in [3.8, 4) is 11.3 Å². The Hall–Kier alpha value is -3.19. The molecule has 0 atom stereocenters. The maximum Gasteiger partial charge on any atom is 0.366 e. The van der Waals surface area contributed by atoms with Crippen LogP contribution in [0.15, 0.2) is 58.1 Å². The van der Waals surface area contributed by atoms with Gasteiger partial charge in [0.25, 0.3) is 5.56 Å². The molecule has 29 heavy (non-hydrogen) atoms. The zero-order valence-electron chi connectivity index (χ0n) is 16.6. The number of aromatic nitrogens is 2. The summed E-state index contributed by atoms with van der Waals surface area (Å²) in [5.74, 6) is -0.582. The van der Waals surface area contributed by atoms with Gasteiger partial charge in [-0.25, -0.2) is 9.18 Å². The molecule has 0 aliphatic rings. The number of rotatable bonds is 6. The average molecular weight is 398 g/mol. The molecule has 0 radical (unpaired) electrons. The molecule has 152 valence electrons. The van der Waals surface area contributed by atoms with E-state index in [-0.39, 0.29) is 29.8 Å². The van der Waals surface area contributed by atoms with Gasteiger partial charge < -0.3 is 9.94 Å². The summed E-state index contributed by atoms with van der Waals surface area (Å²) in [5.41, 5.74) is 1.51. The van der Waals surface area contributed by atoms with Crippen LogP contribution >= 0.6 is 0 Å². The summed E-state index contributed by atoms with van der Waals surface area (Å²) in [5, 5.41) is 10.1. The minimum Gasteiger partial charge on any atom is -0.421 e. The third kappa shape index (κ3) is 4.30. The Kier molecular flexibility index (Phi) is 5.98. The van der Waals surface area contributed by atoms with Crippen molar-refractivity contribution in [1.29, 1.82) is 0 Å². The quantitative estimate of drug-likeness (QED) is 0.643. The predicted octanol–water partition coefficient (Wildman–Crippen LogP) is 3.66. The molecule has 0 spiro atoms. The molecule has 0 saturated carbocycles. The fourth-order valence-corrected chi connectivity index (χ4v) is 3.24. The van der Waals surface area contributed by atoms with Crippen molar-refractivity contribution in [2.45, 2.75) is 40.0 Å². The normalized spacial score (nSPS) is 11.2. The zero-order chi connectivity index (χ0) is 21.1. The van der Waals surface area contributed by atoms with Gasteiger partial charge in [0.2, 0.25) is 0 Å². The molecule has 1 heterocycles. The lowest BCUT2D eigenvalue weighted by molar-refractivity contribution is 0.0531. The topological polar surface area (TPSA) is 73.5 Å². The summed E-state index contributed by atoms with van der Waals surface area (Å²) in [6.45, 7) is 5.52. The van der Waals surface area contributed by atoms with E-state index in [0.717, 1.165) is 11.1 Å². The number of aryl methyl sites for hydroxylation is 1. The van der Waals surface area contributed by atoms with E-state index >= 15 is 0 Å². The monoisotopic (exact) mass is 398 g/mol. The van der Waals surface area contributed by atoms with Gasteiger partial charge in [-0.1, -0.05) is 54.5 Å². The van der Waals surface area contributed by atoms with Gasteiger partial charge >= 0.3 is 5.69 Å². The molecule has 1 N–H and O–H groups in total. The lowest BCUT2D eigenvalue weighted by Gasteiger charge is -2.20. The Morgan fingerprint density at radius 2 is 1.79 bits per heavy atom. The molecule has 0 bridgehead atoms. The van der Waals surface area contributed by atoms with Crippen LogP contribution in [0, 0.1) is 12.7 Å². The van der Waals surface area contributed by atoms with Crippen LogP contribution in [-0.2, 0) is 18.1 Å². The molecular formula is C22H23FN2O4. The van der Waals surface area contributed by atoms with Gasteiger partial charge in [-0.15, -0.1) is 0 Å². The van der Waals surface area contributed by atoms with E-state index in [2.05, 4.69) is 0 Å². The van der Waals surface area contributed by atoms with Gasteiger partial charge in [0.05, 0.1) is 12.3 Å². The number of hydrogen-bond donors (Lipinski definition) is 1. The number of hydrogen-bond acceptors (Lipinski definition) is 4. The van der Waals surface area contributed by atoms with Crippen molar-refractivity contribution in [3.05, 3.63) is 91.9 Å². The minimum atomic E-state index is -0.880. The van der Waals surface area contributed by atoms with Gasteiger partial charge in [-0.2, -0.15) is 0 Å². The Morgan fingerprint density at radius 3 is 2.41 bits per heavy atom. The molecule has 3 aromatic rings.